The number of nitrogens with zero attached hydrogens (tertiary/aromatic N) is 2. The third-order valence-electron chi connectivity index (χ3n) is 5.56. The van der Waals surface area contributed by atoms with Crippen LogP contribution in [0.5, 0.6) is 17.2 Å². The number of benzene rings is 2. The first-order chi connectivity index (χ1) is 13.1. The maximum atomic E-state index is 5.49. The molecule has 0 N–H and O–H groups in total. The molecule has 4 rings (SSSR count). The molecule has 1 saturated heterocycles. The standard InChI is InChI=1S/C22H28N2O3/c1-16-11-21(25-3)17(2)10-19(16)14-24-8-6-23(7-9-24)13-18-4-5-20-22(12-18)27-15-26-20/h4-5,10-12H,6-9,13-15H2,1-3H3. The van der Waals surface area contributed by atoms with E-state index < -0.39 is 0 Å². The summed E-state index contributed by atoms with van der Waals surface area (Å²) in [5, 5.41) is 0. The Hall–Kier alpha value is -2.24. The van der Waals surface area contributed by atoms with E-state index in [1.807, 2.05) is 6.07 Å². The Morgan fingerprint density at radius 2 is 1.56 bits per heavy atom. The summed E-state index contributed by atoms with van der Waals surface area (Å²) < 4.78 is 16.3. The number of aryl methyl sites for hydroxylation is 2. The van der Waals surface area contributed by atoms with Crippen LogP contribution in [0, 0.1) is 13.8 Å². The molecular weight excluding hydrogens is 340 g/mol. The first kappa shape index (κ1) is 18.1. The van der Waals surface area contributed by atoms with Crippen LogP contribution in [0.3, 0.4) is 0 Å². The molecule has 0 radical (unpaired) electrons. The average Bonchev–Trinajstić information content (AvgIpc) is 3.14. The highest BCUT2D eigenvalue weighted by atomic mass is 16.7. The summed E-state index contributed by atoms with van der Waals surface area (Å²) in [5.41, 5.74) is 5.20. The Morgan fingerprint density at radius 3 is 2.30 bits per heavy atom. The second-order valence-corrected chi connectivity index (χ2v) is 7.49. The van der Waals surface area contributed by atoms with Crippen molar-refractivity contribution in [2.75, 3.05) is 40.1 Å². The zero-order valence-corrected chi connectivity index (χ0v) is 16.5. The van der Waals surface area contributed by atoms with Crippen LogP contribution in [0.25, 0.3) is 0 Å². The quantitative estimate of drug-likeness (QED) is 0.808. The fourth-order valence-electron chi connectivity index (χ4n) is 3.88. The molecule has 0 aromatic heterocycles. The van der Waals surface area contributed by atoms with Gasteiger partial charge in [0, 0.05) is 39.3 Å². The second-order valence-electron chi connectivity index (χ2n) is 7.49. The number of ether oxygens (including phenoxy) is 3. The molecule has 5 nitrogen and oxygen atoms in total. The summed E-state index contributed by atoms with van der Waals surface area (Å²) in [6, 6.07) is 10.7. The van der Waals surface area contributed by atoms with Crippen LogP contribution < -0.4 is 14.2 Å². The molecule has 2 aliphatic heterocycles. The van der Waals surface area contributed by atoms with Crippen LogP contribution >= 0.6 is 0 Å². The minimum Gasteiger partial charge on any atom is -0.496 e. The van der Waals surface area contributed by atoms with Gasteiger partial charge in [-0.25, -0.2) is 0 Å². The molecule has 144 valence electrons. The molecule has 1 fully saturated rings. The lowest BCUT2D eigenvalue weighted by atomic mass is 10.0. The minimum absolute atomic E-state index is 0.335. The van der Waals surface area contributed by atoms with Gasteiger partial charge in [-0.05, 0) is 54.3 Å². The topological polar surface area (TPSA) is 34.2 Å². The third kappa shape index (κ3) is 4.04. The lowest BCUT2D eigenvalue weighted by Gasteiger charge is -2.35. The molecule has 0 aliphatic carbocycles. The molecule has 0 unspecified atom stereocenters. The summed E-state index contributed by atoms with van der Waals surface area (Å²) in [6.45, 7) is 11.0. The maximum Gasteiger partial charge on any atom is 0.231 e. The lowest BCUT2D eigenvalue weighted by molar-refractivity contribution is 0.122. The van der Waals surface area contributed by atoms with Gasteiger partial charge >= 0.3 is 0 Å². The minimum atomic E-state index is 0.335. The zero-order valence-electron chi connectivity index (χ0n) is 16.5. The van der Waals surface area contributed by atoms with Crippen LogP contribution in [0.4, 0.5) is 0 Å². The number of methoxy groups -OCH3 is 1. The number of piperazine rings is 1. The van der Waals surface area contributed by atoms with E-state index in [0.717, 1.165) is 56.5 Å². The van der Waals surface area contributed by atoms with Crippen molar-refractivity contribution in [2.24, 2.45) is 0 Å². The van der Waals surface area contributed by atoms with Gasteiger partial charge < -0.3 is 14.2 Å². The Labute approximate surface area is 161 Å². The van der Waals surface area contributed by atoms with Crippen LogP contribution in [-0.2, 0) is 13.1 Å². The van der Waals surface area contributed by atoms with Gasteiger partial charge in [0.25, 0.3) is 0 Å². The van der Waals surface area contributed by atoms with Crippen molar-refractivity contribution in [2.45, 2.75) is 26.9 Å². The molecule has 2 heterocycles. The van der Waals surface area contributed by atoms with E-state index in [4.69, 9.17) is 14.2 Å². The smallest absolute Gasteiger partial charge is 0.231 e. The van der Waals surface area contributed by atoms with Crippen molar-refractivity contribution < 1.29 is 14.2 Å². The third-order valence-corrected chi connectivity index (χ3v) is 5.56. The summed E-state index contributed by atoms with van der Waals surface area (Å²) in [6.07, 6.45) is 0. The first-order valence-corrected chi connectivity index (χ1v) is 9.60. The van der Waals surface area contributed by atoms with E-state index in [9.17, 15) is 0 Å². The molecule has 2 aromatic carbocycles. The van der Waals surface area contributed by atoms with Crippen LogP contribution in [0.1, 0.15) is 22.3 Å². The van der Waals surface area contributed by atoms with Crippen LogP contribution in [-0.4, -0.2) is 49.9 Å². The first-order valence-electron chi connectivity index (χ1n) is 9.60. The number of hydrogen-bond acceptors (Lipinski definition) is 5. The van der Waals surface area contributed by atoms with E-state index in [0.29, 0.717) is 6.79 Å². The Bertz CT molecular complexity index is 813. The van der Waals surface area contributed by atoms with Gasteiger partial charge in [-0.15, -0.1) is 0 Å². The predicted molar refractivity (Wildman–Crippen MR) is 106 cm³/mol. The van der Waals surface area contributed by atoms with Crippen molar-refractivity contribution in [3.05, 3.63) is 52.6 Å². The van der Waals surface area contributed by atoms with E-state index in [1.165, 1.54) is 22.3 Å². The molecule has 2 aliphatic rings. The second kappa shape index (κ2) is 7.79. The van der Waals surface area contributed by atoms with Crippen LogP contribution in [0.15, 0.2) is 30.3 Å². The van der Waals surface area contributed by atoms with Crippen molar-refractivity contribution in [3.8, 4) is 17.2 Å². The van der Waals surface area contributed by atoms with E-state index in [-0.39, 0.29) is 0 Å². The normalized spacial score (nSPS) is 17.3. The maximum absolute atomic E-state index is 5.49. The van der Waals surface area contributed by atoms with Gasteiger partial charge in [-0.3, -0.25) is 9.80 Å². The van der Waals surface area contributed by atoms with Gasteiger partial charge in [0.15, 0.2) is 11.5 Å². The summed E-state index contributed by atoms with van der Waals surface area (Å²) in [4.78, 5) is 5.06. The Morgan fingerprint density at radius 1 is 0.852 bits per heavy atom. The van der Waals surface area contributed by atoms with Gasteiger partial charge in [0.1, 0.15) is 5.75 Å². The van der Waals surface area contributed by atoms with E-state index >= 15 is 0 Å². The van der Waals surface area contributed by atoms with E-state index in [1.54, 1.807) is 7.11 Å². The zero-order chi connectivity index (χ0) is 18.8. The molecular formula is C22H28N2O3. The molecule has 27 heavy (non-hydrogen) atoms. The van der Waals surface area contributed by atoms with Crippen molar-refractivity contribution in [1.82, 2.24) is 9.80 Å². The predicted octanol–water partition coefficient (Wildman–Crippen LogP) is 3.36. The fraction of sp³-hybridized carbons (Fsp3) is 0.455. The largest absolute Gasteiger partial charge is 0.496 e. The highest BCUT2D eigenvalue weighted by molar-refractivity contribution is 5.44. The van der Waals surface area contributed by atoms with Gasteiger partial charge in [0.2, 0.25) is 6.79 Å². The van der Waals surface area contributed by atoms with Gasteiger partial charge in [-0.2, -0.15) is 0 Å². The Balaban J connectivity index is 1.32. The number of hydrogen-bond donors (Lipinski definition) is 0. The van der Waals surface area contributed by atoms with Gasteiger partial charge in [-0.1, -0.05) is 12.1 Å². The molecule has 0 saturated carbocycles. The van der Waals surface area contributed by atoms with Crippen LogP contribution in [0.2, 0.25) is 0 Å². The lowest BCUT2D eigenvalue weighted by Crippen LogP contribution is -2.45. The molecule has 5 heteroatoms. The molecule has 0 spiro atoms. The van der Waals surface area contributed by atoms with E-state index in [2.05, 4.69) is 47.9 Å². The van der Waals surface area contributed by atoms with Crippen molar-refractivity contribution in [1.29, 1.82) is 0 Å². The van der Waals surface area contributed by atoms with Gasteiger partial charge in [0.05, 0.1) is 7.11 Å². The monoisotopic (exact) mass is 368 g/mol. The van der Waals surface area contributed by atoms with Crippen molar-refractivity contribution >= 4 is 0 Å². The Kier molecular flexibility index (Phi) is 5.23. The van der Waals surface area contributed by atoms with Crippen molar-refractivity contribution in [3.63, 3.8) is 0 Å². The summed E-state index contributed by atoms with van der Waals surface area (Å²) >= 11 is 0. The number of rotatable bonds is 5. The highest BCUT2D eigenvalue weighted by Gasteiger charge is 2.19. The SMILES string of the molecule is COc1cc(C)c(CN2CCN(Cc3ccc4c(c3)OCO4)CC2)cc1C. The fourth-order valence-corrected chi connectivity index (χ4v) is 3.88. The highest BCUT2D eigenvalue weighted by Crippen LogP contribution is 2.33. The summed E-state index contributed by atoms with van der Waals surface area (Å²) in [5.74, 6) is 2.70. The molecule has 2 aromatic rings. The summed E-state index contributed by atoms with van der Waals surface area (Å²) in [7, 11) is 1.74. The molecule has 0 atom stereocenters. The molecule has 0 amide bonds. The average molecular weight is 368 g/mol. The molecule has 0 bridgehead atoms. The number of fused-ring (bicyclic) bond motifs is 1.